The van der Waals surface area contributed by atoms with E-state index in [0.717, 1.165) is 56.8 Å². The molecular formula is C26H28N6O3. The molecular weight excluding hydrogens is 444 g/mol. The van der Waals surface area contributed by atoms with Gasteiger partial charge in [-0.15, -0.1) is 0 Å². The predicted molar refractivity (Wildman–Crippen MR) is 135 cm³/mol. The third-order valence-electron chi connectivity index (χ3n) is 6.10. The van der Waals surface area contributed by atoms with Crippen molar-refractivity contribution in [2.75, 3.05) is 45.3 Å². The molecule has 0 bridgehead atoms. The number of hydrogen-bond acceptors (Lipinski definition) is 8. The molecule has 3 aromatic heterocycles. The molecule has 180 valence electrons. The summed E-state index contributed by atoms with van der Waals surface area (Å²) in [5.74, 6) is 0.859. The van der Waals surface area contributed by atoms with Gasteiger partial charge in [-0.05, 0) is 54.6 Å². The number of aromatic amines is 1. The number of ether oxygens (including phenoxy) is 2. The van der Waals surface area contributed by atoms with Crippen LogP contribution in [0.4, 0.5) is 11.5 Å². The summed E-state index contributed by atoms with van der Waals surface area (Å²) >= 11 is 0. The molecule has 0 aliphatic carbocycles. The van der Waals surface area contributed by atoms with Gasteiger partial charge in [0.1, 0.15) is 11.5 Å². The highest BCUT2D eigenvalue weighted by molar-refractivity contribution is 5.94. The molecule has 0 unspecified atom stereocenters. The van der Waals surface area contributed by atoms with Gasteiger partial charge in [-0.25, -0.2) is 9.97 Å². The molecule has 1 fully saturated rings. The Balaban J connectivity index is 1.36. The first-order valence-corrected chi connectivity index (χ1v) is 11.7. The second-order valence-electron chi connectivity index (χ2n) is 8.45. The summed E-state index contributed by atoms with van der Waals surface area (Å²) in [6, 6.07) is 11.9. The van der Waals surface area contributed by atoms with E-state index in [-0.39, 0.29) is 5.56 Å². The molecule has 1 aliphatic heterocycles. The number of aromatic nitrogens is 4. The molecule has 9 nitrogen and oxygen atoms in total. The summed E-state index contributed by atoms with van der Waals surface area (Å²) in [5.41, 5.74) is 3.08. The predicted octanol–water partition coefficient (Wildman–Crippen LogP) is 3.40. The quantitative estimate of drug-likeness (QED) is 0.402. The topological polar surface area (TPSA) is 105 Å². The maximum Gasteiger partial charge on any atom is 0.259 e. The lowest BCUT2D eigenvalue weighted by Gasteiger charge is -2.26. The van der Waals surface area contributed by atoms with Crippen molar-refractivity contribution in [1.82, 2.24) is 24.8 Å². The maximum atomic E-state index is 12.6. The fourth-order valence-corrected chi connectivity index (χ4v) is 4.23. The Morgan fingerprint density at radius 2 is 1.91 bits per heavy atom. The monoisotopic (exact) mass is 472 g/mol. The second kappa shape index (κ2) is 10.6. The highest BCUT2D eigenvalue weighted by Crippen LogP contribution is 2.27. The number of pyridine rings is 2. The zero-order chi connectivity index (χ0) is 24.0. The molecule has 4 aromatic rings. The Morgan fingerprint density at radius 3 is 2.71 bits per heavy atom. The van der Waals surface area contributed by atoms with E-state index in [1.807, 2.05) is 24.3 Å². The third-order valence-corrected chi connectivity index (χ3v) is 6.10. The molecule has 0 saturated carbocycles. The van der Waals surface area contributed by atoms with Crippen LogP contribution in [0.5, 0.6) is 5.88 Å². The van der Waals surface area contributed by atoms with Gasteiger partial charge in [-0.2, -0.15) is 0 Å². The highest BCUT2D eigenvalue weighted by atomic mass is 16.5. The first kappa shape index (κ1) is 22.9. The van der Waals surface area contributed by atoms with Crippen LogP contribution in [0.25, 0.3) is 22.2 Å². The number of hydrogen-bond donors (Lipinski definition) is 2. The van der Waals surface area contributed by atoms with Crippen LogP contribution < -0.4 is 15.6 Å². The molecule has 0 radical (unpaired) electrons. The van der Waals surface area contributed by atoms with Crippen LogP contribution in [-0.2, 0) is 11.2 Å². The van der Waals surface area contributed by atoms with Crippen molar-refractivity contribution in [2.45, 2.75) is 12.8 Å². The largest absolute Gasteiger partial charge is 0.480 e. The van der Waals surface area contributed by atoms with Crippen molar-refractivity contribution in [1.29, 1.82) is 0 Å². The highest BCUT2D eigenvalue weighted by Gasteiger charge is 2.13. The van der Waals surface area contributed by atoms with Gasteiger partial charge in [0.15, 0.2) is 0 Å². The Labute approximate surface area is 203 Å². The number of fused-ring (bicyclic) bond motifs is 1. The number of nitrogens with zero attached hydrogens (tertiary/aromatic N) is 4. The lowest BCUT2D eigenvalue weighted by Crippen LogP contribution is -2.36. The SMILES string of the molecule is COc1cncc(-c2cc3cc[nH]c(=O)c3c(Nc3ccc(CCCN4CCOCC4)cc3)n2)n1. The summed E-state index contributed by atoms with van der Waals surface area (Å²) < 4.78 is 10.6. The average molecular weight is 473 g/mol. The molecule has 9 heteroatoms. The number of nitrogens with one attached hydrogen (secondary N) is 2. The van der Waals surface area contributed by atoms with E-state index in [9.17, 15) is 4.79 Å². The number of methoxy groups -OCH3 is 1. The summed E-state index contributed by atoms with van der Waals surface area (Å²) in [6.45, 7) is 4.78. The molecule has 4 heterocycles. The van der Waals surface area contributed by atoms with E-state index in [4.69, 9.17) is 14.5 Å². The normalized spacial score (nSPS) is 14.2. The Morgan fingerprint density at radius 1 is 1.09 bits per heavy atom. The van der Waals surface area contributed by atoms with E-state index >= 15 is 0 Å². The average Bonchev–Trinajstić information content (AvgIpc) is 2.90. The van der Waals surface area contributed by atoms with Crippen molar-refractivity contribution in [3.8, 4) is 17.3 Å². The zero-order valence-electron chi connectivity index (χ0n) is 19.7. The third kappa shape index (κ3) is 5.47. The van der Waals surface area contributed by atoms with Gasteiger partial charge in [0.05, 0.1) is 43.8 Å². The van der Waals surface area contributed by atoms with E-state index in [0.29, 0.717) is 28.5 Å². The van der Waals surface area contributed by atoms with Crippen LogP contribution in [0.3, 0.4) is 0 Å². The standard InChI is InChI=1S/C26H28N6O3/c1-34-23-17-27-16-22(30-23)21-15-19-8-9-28-26(33)24(19)25(31-21)29-20-6-4-18(5-7-20)3-2-10-32-11-13-35-14-12-32/h4-9,15-17H,2-3,10-14H2,1H3,(H,28,33)(H,29,31). The van der Waals surface area contributed by atoms with Crippen molar-refractivity contribution in [2.24, 2.45) is 0 Å². The van der Waals surface area contributed by atoms with Crippen LogP contribution in [0.2, 0.25) is 0 Å². The molecule has 35 heavy (non-hydrogen) atoms. The smallest absolute Gasteiger partial charge is 0.259 e. The molecule has 2 N–H and O–H groups in total. The fourth-order valence-electron chi connectivity index (χ4n) is 4.23. The van der Waals surface area contributed by atoms with Gasteiger partial charge >= 0.3 is 0 Å². The minimum atomic E-state index is -0.208. The first-order chi connectivity index (χ1) is 17.2. The number of H-pyrrole nitrogens is 1. The van der Waals surface area contributed by atoms with E-state index in [1.165, 1.54) is 11.8 Å². The number of rotatable bonds is 8. The van der Waals surface area contributed by atoms with Gasteiger partial charge in [0.25, 0.3) is 5.56 Å². The zero-order valence-corrected chi connectivity index (χ0v) is 19.7. The lowest BCUT2D eigenvalue weighted by atomic mass is 10.1. The first-order valence-electron chi connectivity index (χ1n) is 11.7. The van der Waals surface area contributed by atoms with Crippen LogP contribution in [0.15, 0.2) is 59.8 Å². The van der Waals surface area contributed by atoms with Crippen molar-refractivity contribution < 1.29 is 9.47 Å². The number of aryl methyl sites for hydroxylation is 1. The van der Waals surface area contributed by atoms with Crippen LogP contribution in [-0.4, -0.2) is 64.8 Å². The molecule has 1 aromatic carbocycles. The number of benzene rings is 1. The molecule has 5 rings (SSSR count). The van der Waals surface area contributed by atoms with Crippen molar-refractivity contribution in [3.63, 3.8) is 0 Å². The Kier molecular flexibility index (Phi) is 6.97. The van der Waals surface area contributed by atoms with Gasteiger partial charge in [0.2, 0.25) is 5.88 Å². The van der Waals surface area contributed by atoms with Gasteiger partial charge in [-0.3, -0.25) is 14.7 Å². The van der Waals surface area contributed by atoms with Crippen LogP contribution >= 0.6 is 0 Å². The number of morpholine rings is 1. The molecule has 0 spiro atoms. The fraction of sp³-hybridized carbons (Fsp3) is 0.308. The molecule has 0 atom stereocenters. The summed E-state index contributed by atoms with van der Waals surface area (Å²) in [4.78, 5) is 31.2. The van der Waals surface area contributed by atoms with E-state index in [1.54, 1.807) is 19.5 Å². The van der Waals surface area contributed by atoms with Gasteiger partial charge < -0.3 is 19.8 Å². The Bertz CT molecular complexity index is 1350. The van der Waals surface area contributed by atoms with Gasteiger partial charge in [0, 0.05) is 25.0 Å². The van der Waals surface area contributed by atoms with Crippen LogP contribution in [0, 0.1) is 0 Å². The molecule has 1 aliphatic rings. The molecule has 0 amide bonds. The summed E-state index contributed by atoms with van der Waals surface area (Å²) in [7, 11) is 1.54. The summed E-state index contributed by atoms with van der Waals surface area (Å²) in [5, 5.41) is 4.57. The molecule has 1 saturated heterocycles. The Hall–Kier alpha value is -3.82. The van der Waals surface area contributed by atoms with Crippen molar-refractivity contribution in [3.05, 3.63) is 70.9 Å². The van der Waals surface area contributed by atoms with E-state index in [2.05, 4.69) is 37.3 Å². The minimum absolute atomic E-state index is 0.208. The van der Waals surface area contributed by atoms with E-state index < -0.39 is 0 Å². The number of anilines is 2. The minimum Gasteiger partial charge on any atom is -0.480 e. The maximum absolute atomic E-state index is 12.6. The summed E-state index contributed by atoms with van der Waals surface area (Å²) in [6.07, 6.45) is 6.91. The second-order valence-corrected chi connectivity index (χ2v) is 8.45. The van der Waals surface area contributed by atoms with Crippen molar-refractivity contribution >= 4 is 22.3 Å². The lowest BCUT2D eigenvalue weighted by molar-refractivity contribution is 0.0375. The van der Waals surface area contributed by atoms with Crippen LogP contribution in [0.1, 0.15) is 12.0 Å². The van der Waals surface area contributed by atoms with Gasteiger partial charge in [-0.1, -0.05) is 12.1 Å².